The van der Waals surface area contributed by atoms with Crippen molar-refractivity contribution in [1.82, 2.24) is 4.90 Å². The third-order valence-corrected chi connectivity index (χ3v) is 5.91. The average molecular weight is 433 g/mol. The monoisotopic (exact) mass is 432 g/mol. The minimum atomic E-state index is 0.0614. The number of hydrogen-bond acceptors (Lipinski definition) is 5. The zero-order valence-corrected chi connectivity index (χ0v) is 18.4. The van der Waals surface area contributed by atoms with Gasteiger partial charge in [-0.2, -0.15) is 0 Å². The Balaban J connectivity index is 1.38. The predicted octanol–water partition coefficient (Wildman–Crippen LogP) is 3.29. The number of ether oxygens (including phenoxy) is 2. The van der Waals surface area contributed by atoms with Crippen LogP contribution in [0.3, 0.4) is 0 Å². The number of benzene rings is 1. The molecule has 1 unspecified atom stereocenters. The predicted molar refractivity (Wildman–Crippen MR) is 119 cm³/mol. The van der Waals surface area contributed by atoms with E-state index >= 15 is 0 Å². The topological polar surface area (TPSA) is 88.1 Å². The molecule has 1 atom stereocenters. The highest BCUT2D eigenvalue weighted by molar-refractivity contribution is 5.94. The lowest BCUT2D eigenvalue weighted by Gasteiger charge is -2.30. The molecule has 31 heavy (non-hydrogen) atoms. The molecule has 0 saturated carbocycles. The van der Waals surface area contributed by atoms with E-state index in [9.17, 15) is 9.59 Å². The quantitative estimate of drug-likeness (QED) is 0.495. The standard InChI is InChI=1S/C24H36N2O5/c27-14-4-3-13-26(18-21-7-1-5-16-31-21)24(29)8-2-6-15-30-20-10-11-22-19(17-20)9-12-23(28)25-22/h10-11,17,21,27H,1-9,12-16,18H2,(H,25,28). The van der Waals surface area contributed by atoms with Gasteiger partial charge in [0.1, 0.15) is 5.75 Å². The maximum atomic E-state index is 12.8. The fourth-order valence-corrected chi connectivity index (χ4v) is 4.11. The van der Waals surface area contributed by atoms with Crippen molar-refractivity contribution >= 4 is 17.5 Å². The van der Waals surface area contributed by atoms with Crippen LogP contribution in [0.1, 0.15) is 63.4 Å². The van der Waals surface area contributed by atoms with Gasteiger partial charge in [-0.25, -0.2) is 0 Å². The van der Waals surface area contributed by atoms with E-state index in [-0.39, 0.29) is 24.5 Å². The van der Waals surface area contributed by atoms with Crippen LogP contribution in [0.2, 0.25) is 0 Å². The van der Waals surface area contributed by atoms with Crippen molar-refractivity contribution in [2.75, 3.05) is 38.2 Å². The molecule has 2 N–H and O–H groups in total. The molecule has 1 fully saturated rings. The molecule has 0 spiro atoms. The van der Waals surface area contributed by atoms with Crippen LogP contribution < -0.4 is 10.1 Å². The maximum Gasteiger partial charge on any atom is 0.224 e. The van der Waals surface area contributed by atoms with E-state index in [1.54, 1.807) is 0 Å². The van der Waals surface area contributed by atoms with Gasteiger partial charge in [-0.3, -0.25) is 9.59 Å². The second-order valence-corrected chi connectivity index (χ2v) is 8.43. The zero-order valence-electron chi connectivity index (χ0n) is 18.4. The first-order valence-electron chi connectivity index (χ1n) is 11.7. The van der Waals surface area contributed by atoms with Gasteiger partial charge in [0, 0.05) is 44.8 Å². The number of amides is 2. The van der Waals surface area contributed by atoms with E-state index in [1.165, 1.54) is 0 Å². The van der Waals surface area contributed by atoms with E-state index in [4.69, 9.17) is 14.6 Å². The van der Waals surface area contributed by atoms with Crippen LogP contribution in [0.15, 0.2) is 18.2 Å². The molecule has 1 saturated heterocycles. The van der Waals surface area contributed by atoms with Gasteiger partial charge in [0.05, 0.1) is 12.7 Å². The normalized spacial score (nSPS) is 18.2. The molecule has 0 radical (unpaired) electrons. The summed E-state index contributed by atoms with van der Waals surface area (Å²) < 4.78 is 11.7. The summed E-state index contributed by atoms with van der Waals surface area (Å²) in [5, 5.41) is 11.9. The fraction of sp³-hybridized carbons (Fsp3) is 0.667. The highest BCUT2D eigenvalue weighted by Crippen LogP contribution is 2.27. The number of aliphatic hydroxyl groups is 1. The van der Waals surface area contributed by atoms with Gasteiger partial charge >= 0.3 is 0 Å². The summed E-state index contributed by atoms with van der Waals surface area (Å²) in [6, 6.07) is 5.76. The largest absolute Gasteiger partial charge is 0.494 e. The van der Waals surface area contributed by atoms with Gasteiger partial charge in [-0.15, -0.1) is 0 Å². The third kappa shape index (κ3) is 7.82. The number of rotatable bonds is 12. The number of fused-ring (bicyclic) bond motifs is 1. The fourth-order valence-electron chi connectivity index (χ4n) is 4.11. The number of unbranched alkanes of at least 4 members (excludes halogenated alkanes) is 2. The van der Waals surface area contributed by atoms with Crippen LogP contribution in [-0.2, 0) is 20.7 Å². The van der Waals surface area contributed by atoms with Crippen LogP contribution in [0, 0.1) is 0 Å². The van der Waals surface area contributed by atoms with Crippen molar-refractivity contribution in [2.24, 2.45) is 0 Å². The third-order valence-electron chi connectivity index (χ3n) is 5.91. The first-order valence-corrected chi connectivity index (χ1v) is 11.7. The Kier molecular flexibility index (Phi) is 9.62. The van der Waals surface area contributed by atoms with Crippen LogP contribution in [0.25, 0.3) is 0 Å². The summed E-state index contributed by atoms with van der Waals surface area (Å²) in [5.74, 6) is 1.03. The van der Waals surface area contributed by atoms with E-state index in [2.05, 4.69) is 5.32 Å². The molecule has 0 aromatic heterocycles. The van der Waals surface area contributed by atoms with Crippen molar-refractivity contribution in [3.8, 4) is 5.75 Å². The minimum Gasteiger partial charge on any atom is -0.494 e. The Bertz CT molecular complexity index is 718. The average Bonchev–Trinajstić information content (AvgIpc) is 2.79. The number of carbonyl (C=O) groups excluding carboxylic acids is 2. The molecule has 1 aromatic rings. The van der Waals surface area contributed by atoms with Gasteiger partial charge in [-0.05, 0) is 75.1 Å². The summed E-state index contributed by atoms with van der Waals surface area (Å²) in [7, 11) is 0. The van der Waals surface area contributed by atoms with E-state index in [0.717, 1.165) is 68.6 Å². The zero-order chi connectivity index (χ0) is 21.9. The number of hydrogen-bond donors (Lipinski definition) is 2. The molecule has 2 aliphatic rings. The Labute approximate surface area is 185 Å². The van der Waals surface area contributed by atoms with Crippen molar-refractivity contribution in [3.63, 3.8) is 0 Å². The molecule has 3 rings (SSSR count). The van der Waals surface area contributed by atoms with Gasteiger partial charge in [0.2, 0.25) is 11.8 Å². The smallest absolute Gasteiger partial charge is 0.224 e. The molecule has 0 aliphatic carbocycles. The van der Waals surface area contributed by atoms with Crippen molar-refractivity contribution in [2.45, 2.75) is 70.3 Å². The molecule has 7 heteroatoms. The molecule has 2 heterocycles. The summed E-state index contributed by atoms with van der Waals surface area (Å²) in [4.78, 5) is 26.1. The summed E-state index contributed by atoms with van der Waals surface area (Å²) in [5.41, 5.74) is 1.98. The first kappa shape index (κ1) is 23.5. The van der Waals surface area contributed by atoms with Gasteiger partial charge in [-0.1, -0.05) is 0 Å². The van der Waals surface area contributed by atoms with E-state index in [1.807, 2.05) is 23.1 Å². The molecule has 172 valence electrons. The Morgan fingerprint density at radius 2 is 2.10 bits per heavy atom. The molecular formula is C24H36N2O5. The number of anilines is 1. The summed E-state index contributed by atoms with van der Waals surface area (Å²) in [6.07, 6.45) is 8.31. The molecule has 0 bridgehead atoms. The van der Waals surface area contributed by atoms with Crippen LogP contribution in [0.4, 0.5) is 5.69 Å². The number of aliphatic hydroxyl groups excluding tert-OH is 1. The molecular weight excluding hydrogens is 396 g/mol. The lowest BCUT2D eigenvalue weighted by atomic mass is 10.0. The van der Waals surface area contributed by atoms with Crippen LogP contribution in [-0.4, -0.2) is 60.8 Å². The highest BCUT2D eigenvalue weighted by Gasteiger charge is 2.21. The number of nitrogens with zero attached hydrogens (tertiary/aromatic N) is 1. The van der Waals surface area contributed by atoms with Crippen molar-refractivity contribution in [3.05, 3.63) is 23.8 Å². The Hall–Kier alpha value is -2.12. The van der Waals surface area contributed by atoms with Crippen LogP contribution >= 0.6 is 0 Å². The van der Waals surface area contributed by atoms with Gasteiger partial charge in [0.25, 0.3) is 0 Å². The lowest BCUT2D eigenvalue weighted by molar-refractivity contribution is -0.134. The number of aryl methyl sites for hydroxylation is 1. The van der Waals surface area contributed by atoms with Gasteiger partial charge < -0.3 is 24.8 Å². The first-order chi connectivity index (χ1) is 15.2. The van der Waals surface area contributed by atoms with Gasteiger partial charge in [0.15, 0.2) is 0 Å². The van der Waals surface area contributed by atoms with Crippen LogP contribution in [0.5, 0.6) is 5.75 Å². The SMILES string of the molecule is O=C1CCc2cc(OCCCCC(=O)N(CCCCO)CC3CCCCO3)ccc2N1. The number of carbonyl (C=O) groups is 2. The molecule has 2 amide bonds. The van der Waals surface area contributed by atoms with Crippen molar-refractivity contribution < 1.29 is 24.2 Å². The Morgan fingerprint density at radius 1 is 1.19 bits per heavy atom. The second-order valence-electron chi connectivity index (χ2n) is 8.43. The molecule has 2 aliphatic heterocycles. The molecule has 1 aromatic carbocycles. The van der Waals surface area contributed by atoms with E-state index < -0.39 is 0 Å². The Morgan fingerprint density at radius 3 is 2.90 bits per heavy atom. The second kappa shape index (κ2) is 12.7. The number of nitrogens with one attached hydrogen (secondary N) is 1. The highest BCUT2D eigenvalue weighted by atomic mass is 16.5. The van der Waals surface area contributed by atoms with E-state index in [0.29, 0.717) is 39.0 Å². The summed E-state index contributed by atoms with van der Waals surface area (Å²) >= 11 is 0. The maximum absolute atomic E-state index is 12.8. The molecule has 7 nitrogen and oxygen atoms in total. The lowest BCUT2D eigenvalue weighted by Crippen LogP contribution is -2.40. The van der Waals surface area contributed by atoms with Crippen molar-refractivity contribution in [1.29, 1.82) is 0 Å². The minimum absolute atomic E-state index is 0.0614. The summed E-state index contributed by atoms with van der Waals surface area (Å²) in [6.45, 7) is 2.85.